The molecule has 0 fully saturated rings. The number of nitrogens with one attached hydrogen (secondary N) is 1. The lowest BCUT2D eigenvalue weighted by molar-refractivity contribution is -0.116. The van der Waals surface area contributed by atoms with Gasteiger partial charge >= 0.3 is 0 Å². The number of ether oxygens (including phenoxy) is 1. The van der Waals surface area contributed by atoms with Crippen LogP contribution in [0.3, 0.4) is 0 Å². The van der Waals surface area contributed by atoms with Gasteiger partial charge in [0, 0.05) is 18.2 Å². The Kier molecular flexibility index (Phi) is 5.38. The van der Waals surface area contributed by atoms with E-state index in [1.165, 1.54) is 0 Å². The Morgan fingerprint density at radius 1 is 1.35 bits per heavy atom. The summed E-state index contributed by atoms with van der Waals surface area (Å²) in [6.45, 7) is 3.02. The molecule has 0 unspecified atom stereocenters. The Labute approximate surface area is 122 Å². The summed E-state index contributed by atoms with van der Waals surface area (Å²) in [6, 6.07) is 9.69. The summed E-state index contributed by atoms with van der Waals surface area (Å²) >= 11 is 1.61. The number of hydrogen-bond acceptors (Lipinski definition) is 3. The van der Waals surface area contributed by atoms with Crippen molar-refractivity contribution in [1.29, 1.82) is 0 Å². The second-order valence-corrected chi connectivity index (χ2v) is 4.93. The highest BCUT2D eigenvalue weighted by Crippen LogP contribution is 2.17. The van der Waals surface area contributed by atoms with Gasteiger partial charge in [0.1, 0.15) is 5.75 Å². The fourth-order valence-corrected chi connectivity index (χ4v) is 2.36. The number of carbonyl (C=O) groups excluding carboxylic acids is 1. The van der Waals surface area contributed by atoms with E-state index in [1.54, 1.807) is 23.5 Å². The van der Waals surface area contributed by atoms with Crippen molar-refractivity contribution in [3.05, 3.63) is 58.3 Å². The molecule has 1 aromatic heterocycles. The molecule has 0 atom stereocenters. The second kappa shape index (κ2) is 7.50. The predicted molar refractivity (Wildman–Crippen MR) is 82.8 cm³/mol. The van der Waals surface area contributed by atoms with Gasteiger partial charge in [-0.15, -0.1) is 0 Å². The van der Waals surface area contributed by atoms with E-state index in [0.29, 0.717) is 13.2 Å². The number of benzene rings is 1. The molecule has 0 bridgehead atoms. The average molecular weight is 287 g/mol. The lowest BCUT2D eigenvalue weighted by Gasteiger charge is -2.09. The van der Waals surface area contributed by atoms with Gasteiger partial charge in [-0.25, -0.2) is 0 Å². The van der Waals surface area contributed by atoms with Gasteiger partial charge in [-0.05, 0) is 41.5 Å². The summed E-state index contributed by atoms with van der Waals surface area (Å²) in [5.41, 5.74) is 2.02. The second-order valence-electron chi connectivity index (χ2n) is 4.15. The Morgan fingerprint density at radius 3 is 2.95 bits per heavy atom. The molecule has 2 aromatic rings. The van der Waals surface area contributed by atoms with Crippen LogP contribution in [0.2, 0.25) is 0 Å². The van der Waals surface area contributed by atoms with Crippen LogP contribution in [0, 0.1) is 0 Å². The Balaban J connectivity index is 1.90. The van der Waals surface area contributed by atoms with E-state index in [-0.39, 0.29) is 5.91 Å². The first kappa shape index (κ1) is 14.3. The van der Waals surface area contributed by atoms with Crippen LogP contribution >= 0.6 is 11.3 Å². The molecular weight excluding hydrogens is 270 g/mol. The van der Waals surface area contributed by atoms with Crippen LogP contribution in [0.25, 0.3) is 6.08 Å². The number of carbonyl (C=O) groups is 1. The molecule has 0 spiro atoms. The van der Waals surface area contributed by atoms with Crippen LogP contribution in [-0.4, -0.2) is 12.5 Å². The number of hydrogen-bond donors (Lipinski definition) is 1. The van der Waals surface area contributed by atoms with Gasteiger partial charge in [0.15, 0.2) is 0 Å². The van der Waals surface area contributed by atoms with Crippen molar-refractivity contribution in [3.8, 4) is 5.75 Å². The van der Waals surface area contributed by atoms with Gasteiger partial charge in [-0.1, -0.05) is 18.2 Å². The van der Waals surface area contributed by atoms with Crippen LogP contribution in [0.15, 0.2) is 47.2 Å². The number of para-hydroxylation sites is 1. The van der Waals surface area contributed by atoms with Crippen LogP contribution in [0.1, 0.15) is 18.1 Å². The minimum Gasteiger partial charge on any atom is -0.494 e. The quantitative estimate of drug-likeness (QED) is 0.826. The Morgan fingerprint density at radius 2 is 2.20 bits per heavy atom. The third-order valence-electron chi connectivity index (χ3n) is 2.70. The molecule has 1 amide bonds. The maximum atomic E-state index is 11.7. The molecule has 0 aliphatic carbocycles. The molecule has 0 aliphatic heterocycles. The molecule has 0 saturated heterocycles. The predicted octanol–water partition coefficient (Wildman–Crippen LogP) is 3.48. The molecule has 0 saturated carbocycles. The molecule has 3 nitrogen and oxygen atoms in total. The highest BCUT2D eigenvalue weighted by Gasteiger charge is 2.03. The summed E-state index contributed by atoms with van der Waals surface area (Å²) in [5, 5.41) is 6.83. The van der Waals surface area contributed by atoms with Crippen LogP contribution in [-0.2, 0) is 11.3 Å². The molecule has 4 heteroatoms. The molecule has 20 heavy (non-hydrogen) atoms. The molecule has 2 rings (SSSR count). The molecule has 0 aliphatic rings. The van der Waals surface area contributed by atoms with Crippen LogP contribution in [0.5, 0.6) is 5.75 Å². The molecule has 104 valence electrons. The fraction of sp³-hybridized carbons (Fsp3) is 0.188. The minimum absolute atomic E-state index is 0.109. The molecule has 1 heterocycles. The Bertz CT molecular complexity index is 576. The zero-order valence-electron chi connectivity index (χ0n) is 11.3. The molecule has 1 N–H and O–H groups in total. The number of rotatable bonds is 6. The average Bonchev–Trinajstić information content (AvgIpc) is 2.98. The standard InChI is InChI=1S/C16H17NO2S/c1-2-19-15-6-4-3-5-14(15)11-17-16(18)8-7-13-9-10-20-12-13/h3-10,12H,2,11H2,1H3,(H,17,18)/b8-7+. The van der Waals surface area contributed by atoms with Crippen molar-refractivity contribution in [1.82, 2.24) is 5.32 Å². The van der Waals surface area contributed by atoms with E-state index in [9.17, 15) is 4.79 Å². The number of amides is 1. The monoisotopic (exact) mass is 287 g/mol. The van der Waals surface area contributed by atoms with Gasteiger partial charge in [0.25, 0.3) is 0 Å². The minimum atomic E-state index is -0.109. The SMILES string of the molecule is CCOc1ccccc1CNC(=O)/C=C/c1ccsc1. The molecule has 1 aromatic carbocycles. The number of thiophene rings is 1. The lowest BCUT2D eigenvalue weighted by Crippen LogP contribution is -2.20. The highest BCUT2D eigenvalue weighted by molar-refractivity contribution is 7.08. The first-order valence-electron chi connectivity index (χ1n) is 6.48. The van der Waals surface area contributed by atoms with Crippen molar-refractivity contribution >= 4 is 23.3 Å². The van der Waals surface area contributed by atoms with Crippen LogP contribution in [0.4, 0.5) is 0 Å². The Hall–Kier alpha value is -2.07. The summed E-state index contributed by atoms with van der Waals surface area (Å²) in [6.07, 6.45) is 3.35. The van der Waals surface area contributed by atoms with Crippen molar-refractivity contribution in [3.63, 3.8) is 0 Å². The summed E-state index contributed by atoms with van der Waals surface area (Å²) < 4.78 is 5.52. The van der Waals surface area contributed by atoms with E-state index in [2.05, 4.69) is 5.32 Å². The molecular formula is C16H17NO2S. The van der Waals surface area contributed by atoms with Gasteiger partial charge in [0.2, 0.25) is 5.91 Å². The smallest absolute Gasteiger partial charge is 0.244 e. The summed E-state index contributed by atoms with van der Waals surface area (Å²) in [5.74, 6) is 0.708. The van der Waals surface area contributed by atoms with Gasteiger partial charge in [-0.2, -0.15) is 11.3 Å². The largest absolute Gasteiger partial charge is 0.494 e. The maximum Gasteiger partial charge on any atom is 0.244 e. The highest BCUT2D eigenvalue weighted by atomic mass is 32.1. The summed E-state index contributed by atoms with van der Waals surface area (Å²) in [7, 11) is 0. The van der Waals surface area contributed by atoms with E-state index in [1.807, 2.05) is 48.0 Å². The van der Waals surface area contributed by atoms with E-state index < -0.39 is 0 Å². The van der Waals surface area contributed by atoms with E-state index >= 15 is 0 Å². The van der Waals surface area contributed by atoms with Gasteiger partial charge in [0.05, 0.1) is 6.61 Å². The molecule has 0 radical (unpaired) electrons. The zero-order chi connectivity index (χ0) is 14.2. The first-order chi connectivity index (χ1) is 9.79. The van der Waals surface area contributed by atoms with Crippen molar-refractivity contribution in [2.45, 2.75) is 13.5 Å². The van der Waals surface area contributed by atoms with Gasteiger partial charge in [-0.3, -0.25) is 4.79 Å². The topological polar surface area (TPSA) is 38.3 Å². The lowest BCUT2D eigenvalue weighted by atomic mass is 10.2. The third kappa shape index (κ3) is 4.24. The maximum absolute atomic E-state index is 11.7. The van der Waals surface area contributed by atoms with Crippen molar-refractivity contribution in [2.24, 2.45) is 0 Å². The zero-order valence-corrected chi connectivity index (χ0v) is 12.2. The normalized spacial score (nSPS) is 10.7. The van der Waals surface area contributed by atoms with Gasteiger partial charge < -0.3 is 10.1 Å². The van der Waals surface area contributed by atoms with E-state index in [4.69, 9.17) is 4.74 Å². The van der Waals surface area contributed by atoms with Crippen molar-refractivity contribution < 1.29 is 9.53 Å². The summed E-state index contributed by atoms with van der Waals surface area (Å²) in [4.78, 5) is 11.7. The fourth-order valence-electron chi connectivity index (χ4n) is 1.73. The van der Waals surface area contributed by atoms with E-state index in [0.717, 1.165) is 16.9 Å². The third-order valence-corrected chi connectivity index (χ3v) is 3.40. The van der Waals surface area contributed by atoms with Crippen LogP contribution < -0.4 is 10.1 Å². The first-order valence-corrected chi connectivity index (χ1v) is 7.42. The van der Waals surface area contributed by atoms with Crippen molar-refractivity contribution in [2.75, 3.05) is 6.61 Å².